The molecule has 11 nitrogen and oxygen atoms in total. The highest BCUT2D eigenvalue weighted by molar-refractivity contribution is 7.80. The number of nitrogens with one attached hydrogen (secondary N) is 3. The van der Waals surface area contributed by atoms with E-state index in [9.17, 15) is 24.3 Å². The highest BCUT2D eigenvalue weighted by Gasteiger charge is 2.22. The van der Waals surface area contributed by atoms with Crippen LogP contribution in [0.15, 0.2) is 4.99 Å². The smallest absolute Gasteiger partial charge is 0.326 e. The lowest BCUT2D eigenvalue weighted by atomic mass is 10.1. The molecule has 0 aliphatic rings. The summed E-state index contributed by atoms with van der Waals surface area (Å²) >= 11 is 4.11. The van der Waals surface area contributed by atoms with E-state index in [1.54, 1.807) is 0 Å². The molecule has 0 bridgehead atoms. The summed E-state index contributed by atoms with van der Waals surface area (Å²) in [5, 5.41) is 16.6. The Morgan fingerprint density at radius 3 is 1.97 bits per heavy atom. The summed E-state index contributed by atoms with van der Waals surface area (Å²) in [6.45, 7) is 2.01. The van der Waals surface area contributed by atoms with Crippen LogP contribution in [0.3, 0.4) is 0 Å². The number of nitrogens with two attached hydrogens (primary N) is 2. The number of carbonyl (C=O) groups excluding carboxylic acids is 3. The number of aliphatic carboxylic acids is 1. The Morgan fingerprint density at radius 1 is 0.857 bits per heavy atom. The maximum atomic E-state index is 12.3. The van der Waals surface area contributed by atoms with Crippen LogP contribution in [-0.4, -0.2) is 65.7 Å². The number of aliphatic imine (C=N–C) groups is 1. The summed E-state index contributed by atoms with van der Waals surface area (Å²) in [5.74, 6) is -2.69. The van der Waals surface area contributed by atoms with E-state index in [0.717, 1.165) is 19.3 Å². The summed E-state index contributed by atoms with van der Waals surface area (Å²) in [6, 6.07) is -2.02. The van der Waals surface area contributed by atoms with Crippen LogP contribution in [0.2, 0.25) is 0 Å². The monoisotopic (exact) mass is 516 g/mol. The molecule has 0 aliphatic carbocycles. The molecule has 0 aliphatic heterocycles. The van der Waals surface area contributed by atoms with Gasteiger partial charge in [-0.25, -0.2) is 4.79 Å². The quantitative estimate of drug-likeness (QED) is 0.0513. The van der Waals surface area contributed by atoms with Gasteiger partial charge in [0.2, 0.25) is 17.7 Å². The number of hydrogen-bond acceptors (Lipinski definition) is 6. The van der Waals surface area contributed by atoms with Crippen LogP contribution in [0, 0.1) is 0 Å². The molecule has 0 aromatic heterocycles. The number of unbranched alkanes of at least 4 members (excludes halogenated alkanes) is 8. The van der Waals surface area contributed by atoms with Crippen molar-refractivity contribution in [3.8, 4) is 0 Å². The van der Waals surface area contributed by atoms with Gasteiger partial charge in [0.25, 0.3) is 0 Å². The second-order valence-corrected chi connectivity index (χ2v) is 8.87. The first-order valence-electron chi connectivity index (χ1n) is 12.5. The standard InChI is InChI=1S/C23H44N6O5S/c1-2-3-4-5-6-7-8-9-10-13-19(30)29-18(16-35)21(32)27-15-20(31)28-17(22(33)34)12-11-14-26-23(24)25/h17-18,35H,2-16H2,1H3,(H,27,32)(H,28,31)(H,29,30)(H,33,34)(H4,24,25,26)/t17-,18-/m0/s1. The molecule has 0 rings (SSSR count). The number of hydrogen-bond donors (Lipinski definition) is 7. The lowest BCUT2D eigenvalue weighted by molar-refractivity contribution is -0.142. The van der Waals surface area contributed by atoms with Crippen molar-refractivity contribution in [2.45, 2.75) is 96.1 Å². The maximum absolute atomic E-state index is 12.3. The third kappa shape index (κ3) is 18.5. The van der Waals surface area contributed by atoms with Gasteiger partial charge < -0.3 is 32.5 Å². The van der Waals surface area contributed by atoms with Crippen LogP contribution in [-0.2, 0) is 19.2 Å². The van der Waals surface area contributed by atoms with Gasteiger partial charge in [0.1, 0.15) is 12.1 Å². The fraction of sp³-hybridized carbons (Fsp3) is 0.783. The summed E-state index contributed by atoms with van der Waals surface area (Å²) in [4.78, 5) is 51.6. The van der Waals surface area contributed by atoms with Gasteiger partial charge in [-0.05, 0) is 19.3 Å². The molecular weight excluding hydrogens is 472 g/mol. The van der Waals surface area contributed by atoms with Gasteiger partial charge in [0.05, 0.1) is 6.54 Å². The van der Waals surface area contributed by atoms with Gasteiger partial charge in [-0.15, -0.1) is 0 Å². The Morgan fingerprint density at radius 2 is 1.43 bits per heavy atom. The van der Waals surface area contributed by atoms with Crippen molar-refractivity contribution in [1.29, 1.82) is 0 Å². The van der Waals surface area contributed by atoms with Crippen LogP contribution >= 0.6 is 12.6 Å². The predicted octanol–water partition coefficient (Wildman–Crippen LogP) is 1.06. The van der Waals surface area contributed by atoms with Crippen LogP contribution in [0.5, 0.6) is 0 Å². The zero-order valence-corrected chi connectivity index (χ0v) is 21.8. The third-order valence-corrected chi connectivity index (χ3v) is 5.71. The molecule has 202 valence electrons. The Balaban J connectivity index is 4.21. The van der Waals surface area contributed by atoms with Crippen LogP contribution in [0.25, 0.3) is 0 Å². The third-order valence-electron chi connectivity index (χ3n) is 5.34. The number of carboxylic acids is 1. The van der Waals surface area contributed by atoms with Crippen molar-refractivity contribution < 1.29 is 24.3 Å². The Kier molecular flexibility index (Phi) is 19.3. The van der Waals surface area contributed by atoms with Gasteiger partial charge >= 0.3 is 5.97 Å². The van der Waals surface area contributed by atoms with E-state index in [2.05, 4.69) is 40.5 Å². The summed E-state index contributed by atoms with van der Waals surface area (Å²) in [5.41, 5.74) is 10.4. The fourth-order valence-corrected chi connectivity index (χ4v) is 3.61. The topological polar surface area (TPSA) is 189 Å². The minimum atomic E-state index is -1.20. The van der Waals surface area contributed by atoms with E-state index in [-0.39, 0.29) is 30.6 Å². The number of guanidine groups is 1. The van der Waals surface area contributed by atoms with E-state index in [4.69, 9.17) is 11.5 Å². The largest absolute Gasteiger partial charge is 0.480 e. The van der Waals surface area contributed by atoms with Crippen molar-refractivity contribution in [3.63, 3.8) is 0 Å². The van der Waals surface area contributed by atoms with Crippen LogP contribution in [0.4, 0.5) is 0 Å². The van der Waals surface area contributed by atoms with E-state index in [1.165, 1.54) is 38.5 Å². The van der Waals surface area contributed by atoms with Gasteiger partial charge in [-0.2, -0.15) is 12.6 Å². The minimum absolute atomic E-state index is 0.0689. The average molecular weight is 517 g/mol. The molecule has 12 heteroatoms. The van der Waals surface area contributed by atoms with Gasteiger partial charge in [-0.1, -0.05) is 58.3 Å². The van der Waals surface area contributed by atoms with Gasteiger partial charge in [0, 0.05) is 18.7 Å². The molecule has 35 heavy (non-hydrogen) atoms. The summed E-state index contributed by atoms with van der Waals surface area (Å²) in [7, 11) is 0. The van der Waals surface area contributed by atoms with E-state index < -0.39 is 36.4 Å². The van der Waals surface area contributed by atoms with E-state index >= 15 is 0 Å². The highest BCUT2D eigenvalue weighted by Crippen LogP contribution is 2.10. The molecule has 0 saturated heterocycles. The Labute approximate surface area is 214 Å². The number of thiol groups is 1. The molecule has 0 fully saturated rings. The molecule has 0 radical (unpaired) electrons. The average Bonchev–Trinajstić information content (AvgIpc) is 2.81. The van der Waals surface area contributed by atoms with E-state index in [1.807, 2.05) is 0 Å². The molecule has 0 unspecified atom stereocenters. The van der Waals surface area contributed by atoms with E-state index in [0.29, 0.717) is 12.8 Å². The maximum Gasteiger partial charge on any atom is 0.326 e. The normalized spacial score (nSPS) is 12.3. The van der Waals surface area contributed by atoms with Crippen LogP contribution in [0.1, 0.15) is 84.0 Å². The number of carboxylic acid groups (broad SMARTS) is 1. The number of nitrogens with zero attached hydrogens (tertiary/aromatic N) is 1. The van der Waals surface area contributed by atoms with Crippen molar-refractivity contribution >= 4 is 42.3 Å². The second kappa shape index (κ2) is 20.8. The fourth-order valence-electron chi connectivity index (χ4n) is 3.35. The lowest BCUT2D eigenvalue weighted by Crippen LogP contribution is -2.51. The lowest BCUT2D eigenvalue weighted by Gasteiger charge is -2.18. The molecule has 0 spiro atoms. The first-order valence-corrected chi connectivity index (χ1v) is 13.1. The first kappa shape index (κ1) is 32.5. The minimum Gasteiger partial charge on any atom is -0.480 e. The summed E-state index contributed by atoms with van der Waals surface area (Å²) < 4.78 is 0. The molecule has 2 atom stereocenters. The van der Waals surface area contributed by atoms with Crippen molar-refractivity contribution in [2.24, 2.45) is 16.5 Å². The van der Waals surface area contributed by atoms with Gasteiger partial charge in [-0.3, -0.25) is 19.4 Å². The molecule has 0 aromatic rings. The Bertz CT molecular complexity index is 673. The molecule has 0 heterocycles. The zero-order valence-electron chi connectivity index (χ0n) is 20.9. The Hall–Kier alpha value is -2.50. The zero-order chi connectivity index (χ0) is 26.5. The number of rotatable bonds is 21. The number of amides is 3. The molecule has 3 amide bonds. The molecule has 0 aromatic carbocycles. The number of carbonyl (C=O) groups is 4. The summed E-state index contributed by atoms with van der Waals surface area (Å²) in [6.07, 6.45) is 11.1. The predicted molar refractivity (Wildman–Crippen MR) is 140 cm³/mol. The molecular formula is C23H44N6O5S. The molecule has 8 N–H and O–H groups in total. The van der Waals surface area contributed by atoms with Crippen molar-refractivity contribution in [2.75, 3.05) is 18.8 Å². The highest BCUT2D eigenvalue weighted by atomic mass is 32.1. The first-order chi connectivity index (χ1) is 16.7. The second-order valence-electron chi connectivity index (χ2n) is 8.51. The SMILES string of the molecule is CCCCCCCCCCCC(=O)N[C@@H](CS)C(=O)NCC(=O)N[C@@H](CCCN=C(N)N)C(=O)O. The van der Waals surface area contributed by atoms with Crippen molar-refractivity contribution in [1.82, 2.24) is 16.0 Å². The molecule has 0 saturated carbocycles. The van der Waals surface area contributed by atoms with Crippen LogP contribution < -0.4 is 27.4 Å². The van der Waals surface area contributed by atoms with Crippen molar-refractivity contribution in [3.05, 3.63) is 0 Å². The van der Waals surface area contributed by atoms with Gasteiger partial charge in [0.15, 0.2) is 5.96 Å².